The minimum atomic E-state index is -0.595. The summed E-state index contributed by atoms with van der Waals surface area (Å²) < 4.78 is 13.0. The van der Waals surface area contributed by atoms with Gasteiger partial charge in [0.1, 0.15) is 11.4 Å². The number of aromatic nitrogens is 4. The van der Waals surface area contributed by atoms with E-state index in [1.807, 2.05) is 13.8 Å². The molecule has 0 radical (unpaired) electrons. The van der Waals surface area contributed by atoms with Gasteiger partial charge in [0.2, 0.25) is 11.2 Å². The van der Waals surface area contributed by atoms with Gasteiger partial charge < -0.3 is 24.2 Å². The Morgan fingerprint density at radius 3 is 2.54 bits per heavy atom. The molecule has 2 aromatic carbocycles. The van der Waals surface area contributed by atoms with Crippen LogP contribution in [-0.2, 0) is 0 Å². The molecule has 0 unspecified atom stereocenters. The fourth-order valence-corrected chi connectivity index (χ4v) is 4.61. The molecule has 176 valence electrons. The first-order valence-corrected chi connectivity index (χ1v) is 10.9. The van der Waals surface area contributed by atoms with Gasteiger partial charge in [-0.15, -0.1) is 0 Å². The lowest BCUT2D eigenvalue weighted by Crippen LogP contribution is -2.11. The molecular weight excluding hydrogens is 452 g/mol. The molecule has 4 aromatic heterocycles. The van der Waals surface area contributed by atoms with Gasteiger partial charge in [0.05, 0.1) is 23.6 Å². The predicted octanol–water partition coefficient (Wildman–Crippen LogP) is 3.72. The van der Waals surface area contributed by atoms with Gasteiger partial charge in [0.15, 0.2) is 11.2 Å². The molecule has 0 bridgehead atoms. The van der Waals surface area contributed by atoms with Crippen LogP contribution >= 0.6 is 0 Å². The Kier molecular flexibility index (Phi) is 4.25. The van der Waals surface area contributed by atoms with Crippen molar-refractivity contribution in [2.45, 2.75) is 19.9 Å². The lowest BCUT2D eigenvalue weighted by atomic mass is 10.0. The normalized spacial score (nSPS) is 12.0. The van der Waals surface area contributed by atoms with Crippen molar-refractivity contribution in [1.29, 1.82) is 0 Å². The van der Waals surface area contributed by atoms with Crippen LogP contribution in [0.25, 0.3) is 55.1 Å². The number of benzene rings is 2. The van der Waals surface area contributed by atoms with Crippen LogP contribution in [0.3, 0.4) is 0 Å². The summed E-state index contributed by atoms with van der Waals surface area (Å²) in [5, 5.41) is 14.6. The van der Waals surface area contributed by atoms with Gasteiger partial charge in [-0.25, -0.2) is 0 Å². The molecule has 0 aliphatic heterocycles. The monoisotopic (exact) mass is 472 g/mol. The maximum atomic E-state index is 13.3. The highest BCUT2D eigenvalue weighted by Gasteiger charge is 2.25. The quantitative estimate of drug-likeness (QED) is 0.309. The lowest BCUT2D eigenvalue weighted by molar-refractivity contribution is 0.415. The standard InChI is InChI=1S/C25H20N4O6/c1-10(2)29-23-18(25(33)28-29)17(14-9-11-8-12(34-3)4-6-15(11)26-24(14)32)22-19(27-23)13-5-7-16(30)20(31)21(13)35-22/h4-10,27,31H,1-3H3,(H,26,32)(H,28,33). The second kappa shape index (κ2) is 7.13. The van der Waals surface area contributed by atoms with Gasteiger partial charge in [0.25, 0.3) is 11.1 Å². The van der Waals surface area contributed by atoms with E-state index in [2.05, 4.69) is 15.1 Å². The minimum absolute atomic E-state index is 0.0240. The number of phenols is 1. The molecule has 0 fully saturated rings. The number of hydrogen-bond acceptors (Lipinski definition) is 6. The lowest BCUT2D eigenvalue weighted by Gasteiger charge is -2.10. The second-order valence-electron chi connectivity index (χ2n) is 8.69. The Morgan fingerprint density at radius 1 is 1.00 bits per heavy atom. The minimum Gasteiger partial charge on any atom is -0.502 e. The average Bonchev–Trinajstić information content (AvgIpc) is 3.38. The van der Waals surface area contributed by atoms with Crippen LogP contribution in [0, 0.1) is 0 Å². The SMILES string of the molecule is COc1ccc2[nH]c(=O)c(-c3c4oc5c(O)c(=O)ccc5c4[nH]c4c3c(=O)[nH]n4C(C)C)cc2c1. The zero-order chi connectivity index (χ0) is 24.6. The first kappa shape index (κ1) is 20.8. The first-order valence-electron chi connectivity index (χ1n) is 10.9. The third-order valence-electron chi connectivity index (χ3n) is 6.28. The molecule has 10 heteroatoms. The number of nitrogens with zero attached hydrogens (tertiary/aromatic N) is 1. The highest BCUT2D eigenvalue weighted by atomic mass is 16.5. The van der Waals surface area contributed by atoms with Crippen LogP contribution in [0.4, 0.5) is 0 Å². The van der Waals surface area contributed by atoms with E-state index < -0.39 is 22.3 Å². The van der Waals surface area contributed by atoms with Gasteiger partial charge in [-0.05, 0) is 50.2 Å². The molecule has 0 amide bonds. The number of furan rings is 1. The number of aromatic amines is 3. The molecule has 0 aliphatic carbocycles. The van der Waals surface area contributed by atoms with Crippen molar-refractivity contribution in [2.24, 2.45) is 0 Å². The maximum absolute atomic E-state index is 13.3. The van der Waals surface area contributed by atoms with Crippen molar-refractivity contribution in [3.8, 4) is 22.6 Å². The number of fused-ring (bicyclic) bond motifs is 5. The Morgan fingerprint density at radius 2 is 1.80 bits per heavy atom. The molecular formula is C25H20N4O6. The van der Waals surface area contributed by atoms with Crippen LogP contribution in [-0.4, -0.2) is 32.0 Å². The number of ether oxygens (including phenoxy) is 1. The third-order valence-corrected chi connectivity index (χ3v) is 6.28. The van der Waals surface area contributed by atoms with E-state index in [-0.39, 0.29) is 33.7 Å². The van der Waals surface area contributed by atoms with Gasteiger partial charge in [-0.1, -0.05) is 0 Å². The van der Waals surface area contributed by atoms with Crippen LogP contribution in [0.15, 0.2) is 55.2 Å². The number of rotatable bonds is 3. The zero-order valence-electron chi connectivity index (χ0n) is 19.0. The van der Waals surface area contributed by atoms with Crippen molar-refractivity contribution in [3.63, 3.8) is 0 Å². The molecule has 0 saturated heterocycles. The summed E-state index contributed by atoms with van der Waals surface area (Å²) in [5.41, 5.74) is 0.651. The summed E-state index contributed by atoms with van der Waals surface area (Å²) >= 11 is 0. The molecule has 6 aromatic rings. The summed E-state index contributed by atoms with van der Waals surface area (Å²) in [5.74, 6) is 0.0631. The van der Waals surface area contributed by atoms with Crippen LogP contribution in [0.5, 0.6) is 11.5 Å². The summed E-state index contributed by atoms with van der Waals surface area (Å²) in [6.07, 6.45) is 0. The van der Waals surface area contributed by atoms with E-state index in [1.54, 1.807) is 36.1 Å². The molecule has 0 saturated carbocycles. The van der Waals surface area contributed by atoms with Gasteiger partial charge >= 0.3 is 0 Å². The summed E-state index contributed by atoms with van der Waals surface area (Å²) in [7, 11) is 1.55. The van der Waals surface area contributed by atoms with Crippen LogP contribution in [0.2, 0.25) is 0 Å². The predicted molar refractivity (Wildman–Crippen MR) is 133 cm³/mol. The van der Waals surface area contributed by atoms with Crippen molar-refractivity contribution in [1.82, 2.24) is 19.7 Å². The van der Waals surface area contributed by atoms with E-state index in [9.17, 15) is 19.5 Å². The zero-order valence-corrected chi connectivity index (χ0v) is 19.0. The Bertz CT molecular complexity index is 2000. The van der Waals surface area contributed by atoms with Crippen molar-refractivity contribution < 1.29 is 14.3 Å². The smallest absolute Gasteiger partial charge is 0.274 e. The van der Waals surface area contributed by atoms with Gasteiger partial charge in [0, 0.05) is 27.9 Å². The molecule has 0 atom stereocenters. The van der Waals surface area contributed by atoms with E-state index in [1.165, 1.54) is 12.1 Å². The molecule has 0 aliphatic rings. The van der Waals surface area contributed by atoms with Crippen LogP contribution in [0.1, 0.15) is 19.9 Å². The number of H-pyrrole nitrogens is 3. The Labute approximate surface area is 195 Å². The van der Waals surface area contributed by atoms with Crippen molar-refractivity contribution in [2.75, 3.05) is 7.11 Å². The van der Waals surface area contributed by atoms with E-state index in [0.29, 0.717) is 33.2 Å². The topological polar surface area (TPSA) is 146 Å². The first-order chi connectivity index (χ1) is 16.8. The Balaban J connectivity index is 1.86. The summed E-state index contributed by atoms with van der Waals surface area (Å²) in [6.45, 7) is 3.82. The summed E-state index contributed by atoms with van der Waals surface area (Å²) in [4.78, 5) is 44.6. The third kappa shape index (κ3) is 2.86. The molecule has 35 heavy (non-hydrogen) atoms. The molecule has 4 N–H and O–H groups in total. The molecule has 10 nitrogen and oxygen atoms in total. The number of methoxy groups -OCH3 is 1. The Hall–Kier alpha value is -4.73. The van der Waals surface area contributed by atoms with E-state index in [4.69, 9.17) is 9.15 Å². The fraction of sp³-hybridized carbons (Fsp3) is 0.160. The van der Waals surface area contributed by atoms with Crippen molar-refractivity contribution in [3.05, 3.63) is 67.3 Å². The highest BCUT2D eigenvalue weighted by molar-refractivity contribution is 6.15. The number of aromatic hydroxyl groups is 1. The van der Waals surface area contributed by atoms with Crippen molar-refractivity contribution >= 4 is 44.0 Å². The van der Waals surface area contributed by atoms with Gasteiger partial charge in [-0.3, -0.25) is 24.2 Å². The maximum Gasteiger partial charge on any atom is 0.274 e. The number of nitrogens with one attached hydrogen (secondary N) is 3. The fourth-order valence-electron chi connectivity index (χ4n) is 4.61. The number of hydrogen-bond donors (Lipinski definition) is 4. The molecule has 6 rings (SSSR count). The summed E-state index contributed by atoms with van der Waals surface area (Å²) in [6, 6.07) is 9.59. The largest absolute Gasteiger partial charge is 0.502 e. The average molecular weight is 472 g/mol. The number of pyridine rings is 2. The number of phenolic OH excluding ortho intramolecular Hbond substituents is 1. The molecule has 4 heterocycles. The highest BCUT2D eigenvalue weighted by Crippen LogP contribution is 2.39. The van der Waals surface area contributed by atoms with E-state index >= 15 is 0 Å². The molecule has 0 spiro atoms. The van der Waals surface area contributed by atoms with E-state index in [0.717, 1.165) is 0 Å². The van der Waals surface area contributed by atoms with Gasteiger partial charge in [-0.2, -0.15) is 0 Å². The second-order valence-corrected chi connectivity index (χ2v) is 8.69. The van der Waals surface area contributed by atoms with Crippen LogP contribution < -0.4 is 21.3 Å².